The number of halogens is 2. The van der Waals surface area contributed by atoms with Crippen molar-refractivity contribution >= 4 is 23.5 Å². The Kier molecular flexibility index (Phi) is 6.71. The summed E-state index contributed by atoms with van der Waals surface area (Å²) in [4.78, 5) is 28.6. The predicted molar refractivity (Wildman–Crippen MR) is 101 cm³/mol. The maximum atomic E-state index is 14.1. The molecule has 5 nitrogen and oxygen atoms in total. The molecule has 0 radical (unpaired) electrons. The Bertz CT molecular complexity index is 676. The van der Waals surface area contributed by atoms with E-state index in [-0.39, 0.29) is 36.2 Å². The molecule has 0 spiro atoms. The summed E-state index contributed by atoms with van der Waals surface area (Å²) in [6.45, 7) is 3.71. The van der Waals surface area contributed by atoms with Gasteiger partial charge in [-0.2, -0.15) is 0 Å². The standard InChI is InChI=1S/C20H26ClFN2O3/c1-2-27-20(26)14-5-4-10-23(11-14)19(25)13-24(15-8-9-15)12-16-17(21)6-3-7-18(16)22/h3,6-7,14-15H,2,4-5,8-13H2,1H3. The molecule has 148 valence electrons. The second kappa shape index (κ2) is 9.02. The van der Waals surface area contributed by atoms with E-state index in [0.29, 0.717) is 36.8 Å². The van der Waals surface area contributed by atoms with Crippen molar-refractivity contribution < 1.29 is 18.7 Å². The Morgan fingerprint density at radius 3 is 2.78 bits per heavy atom. The highest BCUT2D eigenvalue weighted by Crippen LogP contribution is 2.31. The van der Waals surface area contributed by atoms with Crippen LogP contribution in [-0.2, 0) is 20.9 Å². The van der Waals surface area contributed by atoms with E-state index in [1.807, 2.05) is 4.90 Å². The zero-order chi connectivity index (χ0) is 19.4. The van der Waals surface area contributed by atoms with Gasteiger partial charge in [-0.15, -0.1) is 0 Å². The van der Waals surface area contributed by atoms with E-state index in [1.165, 1.54) is 6.07 Å². The van der Waals surface area contributed by atoms with E-state index in [0.717, 1.165) is 25.7 Å². The van der Waals surface area contributed by atoms with Gasteiger partial charge in [-0.1, -0.05) is 17.7 Å². The quantitative estimate of drug-likeness (QED) is 0.664. The lowest BCUT2D eigenvalue weighted by Gasteiger charge is -2.33. The van der Waals surface area contributed by atoms with Crippen LogP contribution in [-0.4, -0.2) is 54.0 Å². The number of carbonyl (C=O) groups is 2. The third-order valence-corrected chi connectivity index (χ3v) is 5.57. The number of hydrogen-bond donors (Lipinski definition) is 0. The molecule has 1 aromatic carbocycles. The van der Waals surface area contributed by atoms with Crippen LogP contribution in [0.3, 0.4) is 0 Å². The molecule has 3 rings (SSSR count). The van der Waals surface area contributed by atoms with E-state index in [4.69, 9.17) is 16.3 Å². The molecule has 2 fully saturated rings. The Labute approximate surface area is 164 Å². The van der Waals surface area contributed by atoms with Gasteiger partial charge in [-0.05, 0) is 44.7 Å². The fourth-order valence-corrected chi connectivity index (χ4v) is 3.79. The monoisotopic (exact) mass is 396 g/mol. The summed E-state index contributed by atoms with van der Waals surface area (Å²) in [5.41, 5.74) is 0.432. The zero-order valence-corrected chi connectivity index (χ0v) is 16.4. The first kappa shape index (κ1) is 20.1. The average Bonchev–Trinajstić information content (AvgIpc) is 3.49. The molecule has 1 aromatic rings. The summed E-state index contributed by atoms with van der Waals surface area (Å²) in [6, 6.07) is 4.93. The molecule has 1 aliphatic carbocycles. The Morgan fingerprint density at radius 1 is 1.33 bits per heavy atom. The number of rotatable bonds is 7. The molecule has 0 N–H and O–H groups in total. The van der Waals surface area contributed by atoms with Crippen LogP contribution in [0.15, 0.2) is 18.2 Å². The summed E-state index contributed by atoms with van der Waals surface area (Å²) < 4.78 is 19.2. The van der Waals surface area contributed by atoms with Crippen LogP contribution in [0.1, 0.15) is 38.2 Å². The number of hydrogen-bond acceptors (Lipinski definition) is 4. The maximum Gasteiger partial charge on any atom is 0.310 e. The van der Waals surface area contributed by atoms with Crippen LogP contribution in [0, 0.1) is 11.7 Å². The third-order valence-electron chi connectivity index (χ3n) is 5.22. The van der Waals surface area contributed by atoms with Crippen molar-refractivity contribution in [2.45, 2.75) is 45.2 Å². The van der Waals surface area contributed by atoms with Gasteiger partial charge < -0.3 is 9.64 Å². The van der Waals surface area contributed by atoms with Crippen molar-refractivity contribution in [1.82, 2.24) is 9.80 Å². The third kappa shape index (κ3) is 5.20. The highest BCUT2D eigenvalue weighted by molar-refractivity contribution is 6.31. The van der Waals surface area contributed by atoms with Gasteiger partial charge in [0.05, 0.1) is 19.1 Å². The molecular weight excluding hydrogens is 371 g/mol. The molecule has 1 amide bonds. The lowest BCUT2D eigenvalue weighted by Crippen LogP contribution is -2.47. The van der Waals surface area contributed by atoms with Crippen molar-refractivity contribution in [2.75, 3.05) is 26.2 Å². The van der Waals surface area contributed by atoms with Crippen LogP contribution in [0.25, 0.3) is 0 Å². The van der Waals surface area contributed by atoms with Gasteiger partial charge in [-0.25, -0.2) is 4.39 Å². The van der Waals surface area contributed by atoms with Crippen LogP contribution in [0.5, 0.6) is 0 Å². The van der Waals surface area contributed by atoms with Crippen molar-refractivity contribution in [3.8, 4) is 0 Å². The van der Waals surface area contributed by atoms with E-state index in [2.05, 4.69) is 0 Å². The molecule has 7 heteroatoms. The molecule has 2 aliphatic rings. The number of amides is 1. The zero-order valence-electron chi connectivity index (χ0n) is 15.6. The molecule has 1 unspecified atom stereocenters. The number of piperidine rings is 1. The van der Waals surface area contributed by atoms with Gasteiger partial charge in [0.15, 0.2) is 0 Å². The SMILES string of the molecule is CCOC(=O)C1CCCN(C(=O)CN(Cc2c(F)cccc2Cl)C2CC2)C1. The largest absolute Gasteiger partial charge is 0.466 e. The van der Waals surface area contributed by atoms with Gasteiger partial charge in [0, 0.05) is 36.3 Å². The smallest absolute Gasteiger partial charge is 0.310 e. The number of likely N-dealkylation sites (tertiary alicyclic amines) is 1. The highest BCUT2D eigenvalue weighted by atomic mass is 35.5. The van der Waals surface area contributed by atoms with Gasteiger partial charge in [-0.3, -0.25) is 14.5 Å². The number of benzene rings is 1. The normalized spacial score (nSPS) is 20.0. The maximum absolute atomic E-state index is 14.1. The lowest BCUT2D eigenvalue weighted by atomic mass is 9.98. The Morgan fingerprint density at radius 2 is 2.11 bits per heavy atom. The van der Waals surface area contributed by atoms with Crippen molar-refractivity contribution in [3.63, 3.8) is 0 Å². The first-order valence-corrected chi connectivity index (χ1v) is 9.98. The van der Waals surface area contributed by atoms with Crippen LogP contribution in [0.2, 0.25) is 5.02 Å². The van der Waals surface area contributed by atoms with E-state index < -0.39 is 0 Å². The predicted octanol–water partition coefficient (Wildman–Crippen LogP) is 3.25. The number of ether oxygens (including phenoxy) is 1. The van der Waals surface area contributed by atoms with Gasteiger partial charge in [0.2, 0.25) is 5.91 Å². The molecule has 0 bridgehead atoms. The molecule has 1 heterocycles. The summed E-state index contributed by atoms with van der Waals surface area (Å²) in [6.07, 6.45) is 3.55. The number of esters is 1. The second-order valence-corrected chi connectivity index (χ2v) is 7.67. The summed E-state index contributed by atoms with van der Waals surface area (Å²) in [7, 11) is 0. The minimum Gasteiger partial charge on any atom is -0.466 e. The average molecular weight is 397 g/mol. The Hall–Kier alpha value is -1.66. The number of carbonyl (C=O) groups excluding carboxylic acids is 2. The molecule has 1 atom stereocenters. The summed E-state index contributed by atoms with van der Waals surface area (Å²) >= 11 is 6.15. The molecular formula is C20H26ClFN2O3. The van der Waals surface area contributed by atoms with Crippen molar-refractivity contribution in [1.29, 1.82) is 0 Å². The molecule has 1 saturated heterocycles. The van der Waals surface area contributed by atoms with Crippen molar-refractivity contribution in [2.24, 2.45) is 5.92 Å². The van der Waals surface area contributed by atoms with E-state index in [9.17, 15) is 14.0 Å². The first-order chi connectivity index (χ1) is 13.0. The van der Waals surface area contributed by atoms with Crippen molar-refractivity contribution in [3.05, 3.63) is 34.6 Å². The molecule has 0 aromatic heterocycles. The topological polar surface area (TPSA) is 49.9 Å². The lowest BCUT2D eigenvalue weighted by molar-refractivity contribution is -0.151. The van der Waals surface area contributed by atoms with Gasteiger partial charge >= 0.3 is 5.97 Å². The Balaban J connectivity index is 1.63. The van der Waals surface area contributed by atoms with Gasteiger partial charge in [0.1, 0.15) is 5.82 Å². The highest BCUT2D eigenvalue weighted by Gasteiger charge is 2.34. The van der Waals surface area contributed by atoms with E-state index >= 15 is 0 Å². The van der Waals surface area contributed by atoms with Gasteiger partial charge in [0.25, 0.3) is 0 Å². The minimum absolute atomic E-state index is 0.0247. The fraction of sp³-hybridized carbons (Fsp3) is 0.600. The molecule has 1 aliphatic heterocycles. The molecule has 27 heavy (non-hydrogen) atoms. The molecule has 1 saturated carbocycles. The number of nitrogens with zero attached hydrogens (tertiary/aromatic N) is 2. The second-order valence-electron chi connectivity index (χ2n) is 7.27. The van der Waals surface area contributed by atoms with Crippen LogP contribution < -0.4 is 0 Å². The first-order valence-electron chi connectivity index (χ1n) is 9.61. The van der Waals surface area contributed by atoms with Crippen LogP contribution >= 0.6 is 11.6 Å². The van der Waals surface area contributed by atoms with Crippen LogP contribution in [0.4, 0.5) is 4.39 Å². The fourth-order valence-electron chi connectivity index (χ4n) is 3.57. The van der Waals surface area contributed by atoms with E-state index in [1.54, 1.807) is 24.0 Å². The summed E-state index contributed by atoms with van der Waals surface area (Å²) in [5.74, 6) is -0.852. The summed E-state index contributed by atoms with van der Waals surface area (Å²) in [5, 5.41) is 0.383. The minimum atomic E-state index is -0.346.